The number of rotatable bonds is 5. The molecule has 0 spiro atoms. The van der Waals surface area contributed by atoms with E-state index in [1.54, 1.807) is 0 Å². The lowest BCUT2D eigenvalue weighted by Gasteiger charge is -2.32. The summed E-state index contributed by atoms with van der Waals surface area (Å²) in [6, 6.07) is 0.632. The lowest BCUT2D eigenvalue weighted by molar-refractivity contribution is -0.129. The fourth-order valence-corrected chi connectivity index (χ4v) is 3.37. The van der Waals surface area contributed by atoms with Gasteiger partial charge in [0.15, 0.2) is 0 Å². The lowest BCUT2D eigenvalue weighted by Crippen LogP contribution is -2.43. The lowest BCUT2D eigenvalue weighted by atomic mass is 10.1. The molecule has 108 valence electrons. The van der Waals surface area contributed by atoms with E-state index in [1.165, 1.54) is 51.6 Å². The standard InChI is InChI=1S/C15H27N3O/c19-15(11-16-10-13-4-5-13)18-9-6-14(12-18)17-7-2-1-3-8-17/h13-14,16H,1-12H2. The average molecular weight is 265 g/mol. The van der Waals surface area contributed by atoms with Gasteiger partial charge in [-0.2, -0.15) is 0 Å². The van der Waals surface area contributed by atoms with E-state index in [9.17, 15) is 4.79 Å². The molecule has 2 aliphatic heterocycles. The van der Waals surface area contributed by atoms with Gasteiger partial charge in [0, 0.05) is 19.1 Å². The Morgan fingerprint density at radius 2 is 1.84 bits per heavy atom. The molecule has 4 heteroatoms. The molecule has 1 unspecified atom stereocenters. The summed E-state index contributed by atoms with van der Waals surface area (Å²) >= 11 is 0. The first-order chi connectivity index (χ1) is 9.33. The smallest absolute Gasteiger partial charge is 0.236 e. The Kier molecular flexibility index (Phi) is 4.38. The van der Waals surface area contributed by atoms with Crippen molar-refractivity contribution in [3.63, 3.8) is 0 Å². The summed E-state index contributed by atoms with van der Waals surface area (Å²) in [7, 11) is 0. The van der Waals surface area contributed by atoms with Crippen LogP contribution in [0.4, 0.5) is 0 Å². The van der Waals surface area contributed by atoms with Crippen molar-refractivity contribution in [1.29, 1.82) is 0 Å². The summed E-state index contributed by atoms with van der Waals surface area (Å²) in [5.74, 6) is 1.16. The Labute approximate surface area is 116 Å². The van der Waals surface area contributed by atoms with Crippen LogP contribution in [0.5, 0.6) is 0 Å². The van der Waals surface area contributed by atoms with Crippen LogP contribution in [0.15, 0.2) is 0 Å². The quantitative estimate of drug-likeness (QED) is 0.808. The van der Waals surface area contributed by atoms with E-state index in [-0.39, 0.29) is 0 Å². The summed E-state index contributed by atoms with van der Waals surface area (Å²) in [6.07, 6.45) is 7.94. The normalized spacial score (nSPS) is 28.8. The zero-order valence-electron chi connectivity index (χ0n) is 11.9. The first-order valence-corrected chi connectivity index (χ1v) is 8.05. The molecule has 3 rings (SSSR count). The molecule has 3 aliphatic rings. The first kappa shape index (κ1) is 13.4. The van der Waals surface area contributed by atoms with Crippen LogP contribution in [0.2, 0.25) is 0 Å². The third-order valence-electron chi connectivity index (χ3n) is 4.83. The van der Waals surface area contributed by atoms with Crippen molar-refractivity contribution in [2.24, 2.45) is 5.92 Å². The average Bonchev–Trinajstić information content (AvgIpc) is 3.13. The molecule has 0 aromatic rings. The maximum Gasteiger partial charge on any atom is 0.236 e. The fraction of sp³-hybridized carbons (Fsp3) is 0.933. The van der Waals surface area contributed by atoms with Crippen molar-refractivity contribution < 1.29 is 4.79 Å². The number of hydrogen-bond acceptors (Lipinski definition) is 3. The molecular formula is C15H27N3O. The number of piperidine rings is 1. The molecule has 1 atom stereocenters. The highest BCUT2D eigenvalue weighted by atomic mass is 16.2. The van der Waals surface area contributed by atoms with Gasteiger partial charge in [0.05, 0.1) is 6.54 Å². The predicted molar refractivity (Wildman–Crippen MR) is 76.0 cm³/mol. The highest BCUT2D eigenvalue weighted by Crippen LogP contribution is 2.27. The van der Waals surface area contributed by atoms with E-state index in [0.717, 1.165) is 25.6 Å². The number of hydrogen-bond donors (Lipinski definition) is 1. The van der Waals surface area contributed by atoms with Gasteiger partial charge in [0.2, 0.25) is 5.91 Å². The van der Waals surface area contributed by atoms with Crippen LogP contribution in [-0.4, -0.2) is 61.0 Å². The molecule has 0 aromatic carbocycles. The molecule has 19 heavy (non-hydrogen) atoms. The molecule has 3 fully saturated rings. The minimum Gasteiger partial charge on any atom is -0.340 e. The van der Waals surface area contributed by atoms with Crippen molar-refractivity contribution in [1.82, 2.24) is 15.1 Å². The Bertz CT molecular complexity index is 311. The van der Waals surface area contributed by atoms with Crippen LogP contribution in [0.25, 0.3) is 0 Å². The van der Waals surface area contributed by atoms with E-state index in [0.29, 0.717) is 18.5 Å². The van der Waals surface area contributed by atoms with Gasteiger partial charge in [0.25, 0.3) is 0 Å². The van der Waals surface area contributed by atoms with Crippen LogP contribution < -0.4 is 5.32 Å². The van der Waals surface area contributed by atoms with Gasteiger partial charge in [-0.3, -0.25) is 9.69 Å². The molecule has 0 bridgehead atoms. The van der Waals surface area contributed by atoms with Gasteiger partial charge in [-0.1, -0.05) is 6.42 Å². The predicted octanol–water partition coefficient (Wildman–Crippen LogP) is 1.07. The van der Waals surface area contributed by atoms with Gasteiger partial charge in [0.1, 0.15) is 0 Å². The van der Waals surface area contributed by atoms with Crippen LogP contribution in [0, 0.1) is 5.92 Å². The number of nitrogens with one attached hydrogen (secondary N) is 1. The number of carbonyl (C=O) groups is 1. The third-order valence-corrected chi connectivity index (χ3v) is 4.83. The second-order valence-electron chi connectivity index (χ2n) is 6.45. The minimum atomic E-state index is 0.306. The van der Waals surface area contributed by atoms with E-state index < -0.39 is 0 Å². The van der Waals surface area contributed by atoms with Gasteiger partial charge < -0.3 is 10.2 Å². The molecule has 4 nitrogen and oxygen atoms in total. The van der Waals surface area contributed by atoms with Gasteiger partial charge >= 0.3 is 0 Å². The molecule has 1 aliphatic carbocycles. The molecule has 1 N–H and O–H groups in total. The number of carbonyl (C=O) groups excluding carboxylic acids is 1. The molecule has 1 amide bonds. The fourth-order valence-electron chi connectivity index (χ4n) is 3.37. The topological polar surface area (TPSA) is 35.6 Å². The molecule has 2 heterocycles. The van der Waals surface area contributed by atoms with Crippen LogP contribution in [-0.2, 0) is 4.79 Å². The highest BCUT2D eigenvalue weighted by Gasteiger charge is 2.30. The van der Waals surface area contributed by atoms with Gasteiger partial charge in [-0.15, -0.1) is 0 Å². The van der Waals surface area contributed by atoms with Crippen LogP contribution in [0.3, 0.4) is 0 Å². The number of likely N-dealkylation sites (tertiary alicyclic amines) is 2. The van der Waals surface area contributed by atoms with E-state index >= 15 is 0 Å². The Morgan fingerprint density at radius 1 is 1.05 bits per heavy atom. The number of amides is 1. The largest absolute Gasteiger partial charge is 0.340 e. The zero-order valence-corrected chi connectivity index (χ0v) is 11.9. The van der Waals surface area contributed by atoms with Gasteiger partial charge in [-0.05, 0) is 57.7 Å². The summed E-state index contributed by atoms with van der Waals surface area (Å²) < 4.78 is 0. The van der Waals surface area contributed by atoms with Crippen LogP contribution in [0.1, 0.15) is 38.5 Å². The maximum absolute atomic E-state index is 12.1. The van der Waals surface area contributed by atoms with Crippen LogP contribution >= 0.6 is 0 Å². The second kappa shape index (κ2) is 6.23. The van der Waals surface area contributed by atoms with E-state index in [2.05, 4.69) is 15.1 Å². The molecule has 0 radical (unpaired) electrons. The highest BCUT2D eigenvalue weighted by molar-refractivity contribution is 5.78. The monoisotopic (exact) mass is 265 g/mol. The summed E-state index contributed by atoms with van der Waals surface area (Å²) in [4.78, 5) is 16.8. The Morgan fingerprint density at radius 3 is 2.58 bits per heavy atom. The van der Waals surface area contributed by atoms with E-state index in [1.807, 2.05) is 0 Å². The summed E-state index contributed by atoms with van der Waals surface area (Å²) in [5, 5.41) is 3.31. The van der Waals surface area contributed by atoms with Crippen molar-refractivity contribution in [3.8, 4) is 0 Å². The SMILES string of the molecule is O=C(CNCC1CC1)N1CCC(N2CCCCC2)C1. The van der Waals surface area contributed by atoms with Crippen molar-refractivity contribution in [3.05, 3.63) is 0 Å². The summed E-state index contributed by atoms with van der Waals surface area (Å²) in [6.45, 7) is 5.99. The molecule has 1 saturated carbocycles. The zero-order chi connectivity index (χ0) is 13.1. The van der Waals surface area contributed by atoms with Crippen molar-refractivity contribution in [2.75, 3.05) is 39.3 Å². The molecular weight excluding hydrogens is 238 g/mol. The van der Waals surface area contributed by atoms with Crippen molar-refractivity contribution in [2.45, 2.75) is 44.6 Å². The first-order valence-electron chi connectivity index (χ1n) is 8.05. The minimum absolute atomic E-state index is 0.306. The Hall–Kier alpha value is -0.610. The Balaban J connectivity index is 1.38. The van der Waals surface area contributed by atoms with Crippen molar-refractivity contribution >= 4 is 5.91 Å². The maximum atomic E-state index is 12.1. The second-order valence-corrected chi connectivity index (χ2v) is 6.45. The summed E-state index contributed by atoms with van der Waals surface area (Å²) in [5.41, 5.74) is 0. The van der Waals surface area contributed by atoms with E-state index in [4.69, 9.17) is 0 Å². The number of nitrogens with zero attached hydrogens (tertiary/aromatic N) is 2. The van der Waals surface area contributed by atoms with Gasteiger partial charge in [-0.25, -0.2) is 0 Å². The third kappa shape index (κ3) is 3.69. The molecule has 2 saturated heterocycles. The molecule has 0 aromatic heterocycles.